The van der Waals surface area contributed by atoms with Crippen molar-refractivity contribution in [2.45, 2.75) is 42.9 Å². The summed E-state index contributed by atoms with van der Waals surface area (Å²) in [6, 6.07) is 8.77. The van der Waals surface area contributed by atoms with E-state index in [9.17, 15) is 13.2 Å². The van der Waals surface area contributed by atoms with E-state index in [2.05, 4.69) is 17.9 Å². The van der Waals surface area contributed by atoms with Gasteiger partial charge in [-0.3, -0.25) is 14.6 Å². The third-order valence-electron chi connectivity index (χ3n) is 6.88. The fourth-order valence-electron chi connectivity index (χ4n) is 4.95. The van der Waals surface area contributed by atoms with Crippen molar-refractivity contribution in [3.05, 3.63) is 41.3 Å². The molecule has 0 spiro atoms. The fraction of sp³-hybridized carbons (Fsp3) is 0.520. The number of para-hydroxylation sites is 1. The number of anilines is 1. The molecule has 5 rings (SSSR count). The highest BCUT2D eigenvalue weighted by atomic mass is 32.2. The summed E-state index contributed by atoms with van der Waals surface area (Å²) in [6.45, 7) is 7.08. The number of amides is 1. The predicted octanol–water partition coefficient (Wildman–Crippen LogP) is 3.83. The van der Waals surface area contributed by atoms with Crippen molar-refractivity contribution in [2.24, 2.45) is 0 Å². The number of aromatic nitrogens is 1. The van der Waals surface area contributed by atoms with Gasteiger partial charge >= 0.3 is 0 Å². The van der Waals surface area contributed by atoms with Gasteiger partial charge in [0, 0.05) is 32.7 Å². The molecule has 1 atom stereocenters. The van der Waals surface area contributed by atoms with Crippen LogP contribution in [0.2, 0.25) is 0 Å². The minimum Gasteiger partial charge on any atom is -0.379 e. The number of rotatable bonds is 9. The Bertz CT molecular complexity index is 1290. The Kier molecular flexibility index (Phi) is 8.04. The summed E-state index contributed by atoms with van der Waals surface area (Å²) in [5.41, 5.74) is 2.08. The molecule has 0 radical (unpaired) electrons. The lowest BCUT2D eigenvalue weighted by Gasteiger charge is -2.30. The predicted molar refractivity (Wildman–Crippen MR) is 144 cm³/mol. The van der Waals surface area contributed by atoms with Crippen LogP contribution in [0.5, 0.6) is 0 Å². The molecule has 4 heterocycles. The van der Waals surface area contributed by atoms with Crippen LogP contribution in [0.3, 0.4) is 0 Å². The number of sulfonamides is 1. The number of hydrogen-bond donors (Lipinski definition) is 0. The van der Waals surface area contributed by atoms with Gasteiger partial charge in [-0.1, -0.05) is 36.5 Å². The van der Waals surface area contributed by atoms with E-state index in [-0.39, 0.29) is 10.1 Å². The average molecular weight is 549 g/mol. The fourth-order valence-corrected chi connectivity index (χ4v) is 8.77. The van der Waals surface area contributed by atoms with E-state index in [1.807, 2.05) is 12.1 Å². The number of carbonyl (C=O) groups excluding carboxylic acids is 1. The first-order valence-corrected chi connectivity index (χ1v) is 15.7. The number of thiazole rings is 1. The van der Waals surface area contributed by atoms with Crippen molar-refractivity contribution in [3.63, 3.8) is 0 Å². The summed E-state index contributed by atoms with van der Waals surface area (Å²) >= 11 is 2.70. The zero-order valence-corrected chi connectivity index (χ0v) is 22.9. The first kappa shape index (κ1) is 25.7. The van der Waals surface area contributed by atoms with Crippen LogP contribution in [0.4, 0.5) is 5.13 Å². The van der Waals surface area contributed by atoms with Gasteiger partial charge in [-0.25, -0.2) is 13.4 Å². The van der Waals surface area contributed by atoms with Gasteiger partial charge < -0.3 is 4.74 Å². The van der Waals surface area contributed by atoms with Crippen molar-refractivity contribution >= 4 is 54.0 Å². The molecule has 3 aromatic rings. The Morgan fingerprint density at radius 3 is 2.78 bits per heavy atom. The Balaban J connectivity index is 1.42. The van der Waals surface area contributed by atoms with Crippen molar-refractivity contribution in [2.75, 3.05) is 50.8 Å². The zero-order valence-electron chi connectivity index (χ0n) is 20.5. The maximum absolute atomic E-state index is 14.0. The number of benzene rings is 1. The van der Waals surface area contributed by atoms with Crippen LogP contribution in [-0.2, 0) is 26.0 Å². The summed E-state index contributed by atoms with van der Waals surface area (Å²) in [7, 11) is -3.71. The molecular weight excluding hydrogens is 517 g/mol. The number of ether oxygens (including phenoxy) is 1. The van der Waals surface area contributed by atoms with Crippen molar-refractivity contribution < 1.29 is 17.9 Å². The lowest BCUT2D eigenvalue weighted by atomic mass is 10.1. The number of thiophene rings is 1. The average Bonchev–Trinajstić information content (AvgIpc) is 3.67. The molecule has 11 heteroatoms. The van der Waals surface area contributed by atoms with Crippen LogP contribution in [0.15, 0.2) is 39.9 Å². The molecular formula is C25H32N4O4S3. The van der Waals surface area contributed by atoms with Crippen LogP contribution >= 0.6 is 22.7 Å². The standard InChI is InChI=1S/C25H32N4O4S3/c1-2-19-7-3-9-21-23(19)26-25(35-21)28(12-6-11-27-14-16-33-17-15-27)24(30)20-8-4-13-29(20)36(31,32)22-10-5-18-34-22/h3,5,7,9-10,18,20H,2,4,6,8,11-17H2,1H3. The molecule has 1 amide bonds. The second-order valence-electron chi connectivity index (χ2n) is 9.12. The first-order chi connectivity index (χ1) is 17.5. The van der Waals surface area contributed by atoms with Crippen LogP contribution < -0.4 is 4.90 Å². The van der Waals surface area contributed by atoms with E-state index in [1.165, 1.54) is 27.0 Å². The molecule has 1 unspecified atom stereocenters. The molecule has 0 bridgehead atoms. The molecule has 0 saturated carbocycles. The molecule has 8 nitrogen and oxygen atoms in total. The Morgan fingerprint density at radius 2 is 2.03 bits per heavy atom. The van der Waals surface area contributed by atoms with Gasteiger partial charge in [-0.2, -0.15) is 4.31 Å². The summed E-state index contributed by atoms with van der Waals surface area (Å²) in [5, 5.41) is 2.41. The SMILES string of the molecule is CCc1cccc2sc(N(CCCN3CCOCC3)C(=O)C3CCCN3S(=O)(=O)c3cccs3)nc12. The number of carbonyl (C=O) groups is 1. The number of morpholine rings is 1. The van der Waals surface area contributed by atoms with E-state index in [0.29, 0.717) is 31.1 Å². The molecule has 36 heavy (non-hydrogen) atoms. The van der Waals surface area contributed by atoms with Gasteiger partial charge in [0.05, 0.1) is 23.4 Å². The minimum atomic E-state index is -3.71. The Hall–Kier alpha value is -1.89. The van der Waals surface area contributed by atoms with Gasteiger partial charge in [0.25, 0.3) is 10.0 Å². The van der Waals surface area contributed by atoms with E-state index < -0.39 is 16.1 Å². The highest BCUT2D eigenvalue weighted by Crippen LogP contribution is 2.34. The quantitative estimate of drug-likeness (QED) is 0.404. The Labute approximate surface area is 220 Å². The van der Waals surface area contributed by atoms with Crippen molar-refractivity contribution in [1.29, 1.82) is 0 Å². The third kappa shape index (κ3) is 5.23. The largest absolute Gasteiger partial charge is 0.379 e. The smallest absolute Gasteiger partial charge is 0.253 e. The maximum atomic E-state index is 14.0. The summed E-state index contributed by atoms with van der Waals surface area (Å²) in [6.07, 6.45) is 2.84. The molecule has 194 valence electrons. The highest BCUT2D eigenvalue weighted by Gasteiger charge is 2.42. The van der Waals surface area contributed by atoms with Crippen LogP contribution in [0.25, 0.3) is 10.2 Å². The first-order valence-electron chi connectivity index (χ1n) is 12.5. The van der Waals surface area contributed by atoms with Gasteiger partial charge in [0.15, 0.2) is 5.13 Å². The van der Waals surface area contributed by atoms with Gasteiger partial charge in [-0.05, 0) is 48.8 Å². The van der Waals surface area contributed by atoms with Gasteiger partial charge in [0.1, 0.15) is 10.3 Å². The molecule has 2 saturated heterocycles. The van der Waals surface area contributed by atoms with E-state index in [4.69, 9.17) is 9.72 Å². The van der Waals surface area contributed by atoms with E-state index >= 15 is 0 Å². The number of aryl methyl sites for hydroxylation is 1. The summed E-state index contributed by atoms with van der Waals surface area (Å²) < 4.78 is 34.9. The molecule has 2 fully saturated rings. The van der Waals surface area contributed by atoms with Gasteiger partial charge in [-0.15, -0.1) is 11.3 Å². The van der Waals surface area contributed by atoms with Crippen LogP contribution in [0.1, 0.15) is 31.7 Å². The number of hydrogen-bond acceptors (Lipinski definition) is 8. The highest BCUT2D eigenvalue weighted by molar-refractivity contribution is 7.91. The second-order valence-corrected chi connectivity index (χ2v) is 13.2. The molecule has 2 aromatic heterocycles. The molecule has 0 aliphatic carbocycles. The summed E-state index contributed by atoms with van der Waals surface area (Å²) in [5.74, 6) is -0.174. The van der Waals surface area contributed by atoms with Crippen molar-refractivity contribution in [3.8, 4) is 0 Å². The lowest BCUT2D eigenvalue weighted by molar-refractivity contribution is -0.121. The van der Waals surface area contributed by atoms with Crippen LogP contribution in [-0.4, -0.2) is 80.5 Å². The van der Waals surface area contributed by atoms with Crippen molar-refractivity contribution in [1.82, 2.24) is 14.2 Å². The third-order valence-corrected chi connectivity index (χ3v) is 11.2. The zero-order chi connectivity index (χ0) is 25.1. The monoisotopic (exact) mass is 548 g/mol. The van der Waals surface area contributed by atoms with Gasteiger partial charge in [0.2, 0.25) is 5.91 Å². The minimum absolute atomic E-state index is 0.174. The maximum Gasteiger partial charge on any atom is 0.253 e. The normalized spacial score (nSPS) is 19.8. The Morgan fingerprint density at radius 1 is 1.19 bits per heavy atom. The second kappa shape index (κ2) is 11.2. The molecule has 2 aliphatic rings. The molecule has 0 N–H and O–H groups in total. The van der Waals surface area contributed by atoms with Crippen LogP contribution in [0, 0.1) is 0 Å². The van der Waals surface area contributed by atoms with E-state index in [0.717, 1.165) is 61.5 Å². The molecule has 1 aromatic carbocycles. The number of fused-ring (bicyclic) bond motifs is 1. The lowest BCUT2D eigenvalue weighted by Crippen LogP contribution is -2.48. The van der Waals surface area contributed by atoms with E-state index in [1.54, 1.807) is 22.4 Å². The molecule has 2 aliphatic heterocycles. The number of nitrogens with zero attached hydrogens (tertiary/aromatic N) is 4. The topological polar surface area (TPSA) is 83.0 Å². The summed E-state index contributed by atoms with van der Waals surface area (Å²) in [4.78, 5) is 23.0.